The molecule has 4 heteroatoms. The van der Waals surface area contributed by atoms with Gasteiger partial charge in [0.05, 0.1) is 0 Å². The van der Waals surface area contributed by atoms with Gasteiger partial charge in [-0.05, 0) is 57.1 Å². The summed E-state index contributed by atoms with van der Waals surface area (Å²) in [5.41, 5.74) is 0.272. The molecule has 0 bridgehead atoms. The second kappa shape index (κ2) is 5.25. The van der Waals surface area contributed by atoms with Crippen molar-refractivity contribution >= 4 is 5.91 Å². The van der Waals surface area contributed by atoms with Crippen molar-refractivity contribution in [2.75, 3.05) is 0 Å². The van der Waals surface area contributed by atoms with Crippen LogP contribution in [0.1, 0.15) is 68.3 Å². The number of nitrogens with zero attached hydrogens (tertiary/aromatic N) is 2. The first-order valence-corrected chi connectivity index (χ1v) is 8.70. The van der Waals surface area contributed by atoms with Crippen LogP contribution >= 0.6 is 0 Å². The molecular weight excluding hydrogens is 276 g/mol. The molecule has 1 amide bonds. The highest BCUT2D eigenvalue weighted by Gasteiger charge is 2.43. The SMILES string of the molecule is CC1CC2CCCCC2N1C(=O)c1cccn(C2CC2)c1=O. The van der Waals surface area contributed by atoms with Crippen molar-refractivity contribution in [3.05, 3.63) is 34.2 Å². The van der Waals surface area contributed by atoms with E-state index in [2.05, 4.69) is 6.92 Å². The van der Waals surface area contributed by atoms with Crippen molar-refractivity contribution in [1.29, 1.82) is 0 Å². The number of hydrogen-bond donors (Lipinski definition) is 0. The first kappa shape index (κ1) is 14.0. The lowest BCUT2D eigenvalue weighted by molar-refractivity contribution is 0.0631. The quantitative estimate of drug-likeness (QED) is 0.842. The highest BCUT2D eigenvalue weighted by molar-refractivity contribution is 5.94. The van der Waals surface area contributed by atoms with Crippen molar-refractivity contribution in [1.82, 2.24) is 9.47 Å². The molecule has 3 fully saturated rings. The third-order valence-corrected chi connectivity index (χ3v) is 5.72. The lowest BCUT2D eigenvalue weighted by Gasteiger charge is -2.33. The molecule has 2 aliphatic carbocycles. The summed E-state index contributed by atoms with van der Waals surface area (Å²) in [4.78, 5) is 27.7. The molecule has 1 aromatic heterocycles. The topological polar surface area (TPSA) is 42.3 Å². The van der Waals surface area contributed by atoms with Crippen LogP contribution in [0.5, 0.6) is 0 Å². The van der Waals surface area contributed by atoms with Crippen LogP contribution in [0.3, 0.4) is 0 Å². The molecule has 2 heterocycles. The monoisotopic (exact) mass is 300 g/mol. The number of pyridine rings is 1. The second-order valence-electron chi connectivity index (χ2n) is 7.27. The number of hydrogen-bond acceptors (Lipinski definition) is 2. The number of rotatable bonds is 2. The maximum absolute atomic E-state index is 13.0. The van der Waals surface area contributed by atoms with Crippen molar-refractivity contribution < 1.29 is 4.79 Å². The third kappa shape index (κ3) is 2.20. The van der Waals surface area contributed by atoms with E-state index < -0.39 is 0 Å². The number of aromatic nitrogens is 1. The predicted molar refractivity (Wildman–Crippen MR) is 85.0 cm³/mol. The molecule has 4 rings (SSSR count). The summed E-state index contributed by atoms with van der Waals surface area (Å²) < 4.78 is 1.76. The fourth-order valence-electron chi connectivity index (χ4n) is 4.51. The summed E-state index contributed by atoms with van der Waals surface area (Å²) in [7, 11) is 0. The molecule has 3 unspecified atom stereocenters. The van der Waals surface area contributed by atoms with E-state index in [0.717, 1.165) is 25.7 Å². The maximum atomic E-state index is 13.0. The van der Waals surface area contributed by atoms with Crippen LogP contribution in [-0.4, -0.2) is 27.5 Å². The smallest absolute Gasteiger partial charge is 0.263 e. The van der Waals surface area contributed by atoms with Crippen LogP contribution in [0.2, 0.25) is 0 Å². The van der Waals surface area contributed by atoms with Crippen molar-refractivity contribution in [2.24, 2.45) is 5.92 Å². The largest absolute Gasteiger partial charge is 0.332 e. The molecule has 2 saturated carbocycles. The van der Waals surface area contributed by atoms with Gasteiger partial charge in [-0.2, -0.15) is 0 Å². The van der Waals surface area contributed by atoms with Crippen LogP contribution < -0.4 is 5.56 Å². The number of amides is 1. The van der Waals surface area contributed by atoms with Crippen molar-refractivity contribution in [3.63, 3.8) is 0 Å². The van der Waals surface area contributed by atoms with Crippen LogP contribution in [0.25, 0.3) is 0 Å². The Morgan fingerprint density at radius 2 is 1.95 bits per heavy atom. The van der Waals surface area contributed by atoms with Gasteiger partial charge in [0.1, 0.15) is 5.56 Å². The third-order valence-electron chi connectivity index (χ3n) is 5.72. The van der Waals surface area contributed by atoms with E-state index in [0.29, 0.717) is 23.6 Å². The fourth-order valence-corrected chi connectivity index (χ4v) is 4.51. The Labute approximate surface area is 131 Å². The van der Waals surface area contributed by atoms with Gasteiger partial charge in [0.25, 0.3) is 11.5 Å². The zero-order valence-electron chi connectivity index (χ0n) is 13.2. The van der Waals surface area contributed by atoms with Crippen LogP contribution in [0, 0.1) is 5.92 Å². The normalized spacial score (nSPS) is 31.1. The van der Waals surface area contributed by atoms with E-state index >= 15 is 0 Å². The summed E-state index contributed by atoms with van der Waals surface area (Å²) in [6.45, 7) is 2.14. The maximum Gasteiger partial charge on any atom is 0.263 e. The van der Waals surface area contributed by atoms with Crippen molar-refractivity contribution in [2.45, 2.75) is 70.0 Å². The molecule has 3 aliphatic rings. The van der Waals surface area contributed by atoms with Gasteiger partial charge in [-0.25, -0.2) is 0 Å². The highest BCUT2D eigenvalue weighted by Crippen LogP contribution is 2.40. The van der Waals surface area contributed by atoms with Crippen molar-refractivity contribution in [3.8, 4) is 0 Å². The number of carbonyl (C=O) groups is 1. The number of likely N-dealkylation sites (tertiary alicyclic amines) is 1. The minimum Gasteiger partial charge on any atom is -0.332 e. The Hall–Kier alpha value is -1.58. The molecule has 0 aromatic carbocycles. The summed E-state index contributed by atoms with van der Waals surface area (Å²) in [6, 6.07) is 4.50. The minimum atomic E-state index is -0.0959. The zero-order valence-corrected chi connectivity index (χ0v) is 13.2. The van der Waals surface area contributed by atoms with Crippen LogP contribution in [-0.2, 0) is 0 Å². The van der Waals surface area contributed by atoms with E-state index in [1.54, 1.807) is 10.6 Å². The number of fused-ring (bicyclic) bond motifs is 1. The molecule has 0 spiro atoms. The van der Waals surface area contributed by atoms with E-state index in [4.69, 9.17) is 0 Å². The van der Waals surface area contributed by atoms with Gasteiger partial charge in [0.15, 0.2) is 0 Å². The minimum absolute atomic E-state index is 0.0399. The van der Waals surface area contributed by atoms with Gasteiger partial charge in [0.2, 0.25) is 0 Å². The summed E-state index contributed by atoms with van der Waals surface area (Å²) in [5, 5.41) is 0. The van der Waals surface area contributed by atoms with E-state index in [1.165, 1.54) is 19.3 Å². The fraction of sp³-hybridized carbons (Fsp3) is 0.667. The lowest BCUT2D eigenvalue weighted by atomic mass is 9.85. The Kier molecular flexibility index (Phi) is 3.35. The Balaban J connectivity index is 1.66. The van der Waals surface area contributed by atoms with Crippen LogP contribution in [0.15, 0.2) is 23.1 Å². The first-order chi connectivity index (χ1) is 10.7. The molecule has 3 atom stereocenters. The molecule has 4 nitrogen and oxygen atoms in total. The Bertz CT molecular complexity index is 647. The van der Waals surface area contributed by atoms with E-state index in [9.17, 15) is 9.59 Å². The zero-order chi connectivity index (χ0) is 15.3. The van der Waals surface area contributed by atoms with Gasteiger partial charge in [-0.1, -0.05) is 12.8 Å². The summed E-state index contributed by atoms with van der Waals surface area (Å²) in [5.74, 6) is 0.601. The lowest BCUT2D eigenvalue weighted by Crippen LogP contribution is -2.44. The average molecular weight is 300 g/mol. The molecule has 0 radical (unpaired) electrons. The first-order valence-electron chi connectivity index (χ1n) is 8.70. The van der Waals surface area contributed by atoms with Gasteiger partial charge < -0.3 is 9.47 Å². The van der Waals surface area contributed by atoms with Gasteiger partial charge in [-0.3, -0.25) is 9.59 Å². The standard InChI is InChI=1S/C18H24N2O2/c1-12-11-13-5-2-3-7-16(13)20(12)18(22)15-6-4-10-19(17(15)21)14-8-9-14/h4,6,10,12-14,16H,2-3,5,7-9,11H2,1H3. The summed E-state index contributed by atoms with van der Waals surface area (Å²) in [6.07, 6.45) is 9.87. The molecule has 22 heavy (non-hydrogen) atoms. The molecule has 1 aliphatic heterocycles. The van der Waals surface area contributed by atoms with Gasteiger partial charge in [0, 0.05) is 24.3 Å². The molecule has 1 aromatic rings. The van der Waals surface area contributed by atoms with E-state index in [1.807, 2.05) is 17.2 Å². The van der Waals surface area contributed by atoms with Gasteiger partial charge >= 0.3 is 0 Å². The Morgan fingerprint density at radius 1 is 1.18 bits per heavy atom. The Morgan fingerprint density at radius 3 is 2.73 bits per heavy atom. The molecular formula is C18H24N2O2. The molecule has 0 N–H and O–H groups in total. The summed E-state index contributed by atoms with van der Waals surface area (Å²) >= 11 is 0. The molecule has 1 saturated heterocycles. The van der Waals surface area contributed by atoms with Gasteiger partial charge in [-0.15, -0.1) is 0 Å². The predicted octanol–water partition coefficient (Wildman–Crippen LogP) is 2.98. The van der Waals surface area contributed by atoms with E-state index in [-0.39, 0.29) is 17.5 Å². The number of carbonyl (C=O) groups excluding carboxylic acids is 1. The highest BCUT2D eigenvalue weighted by atomic mass is 16.2. The van der Waals surface area contributed by atoms with Crippen LogP contribution in [0.4, 0.5) is 0 Å². The molecule has 118 valence electrons. The average Bonchev–Trinajstić information content (AvgIpc) is 3.29. The second-order valence-corrected chi connectivity index (χ2v) is 7.27.